The van der Waals surface area contributed by atoms with Crippen molar-refractivity contribution >= 4 is 11.7 Å². The molecule has 11 heteroatoms. The number of allylic oxidation sites excluding steroid dienone is 1. The number of nitro benzene ring substituents is 1. The molecule has 184 valence electrons. The topological polar surface area (TPSA) is 166 Å². The molecule has 1 atom stereocenters. The second-order valence-electron chi connectivity index (χ2n) is 8.10. The zero-order valence-electron chi connectivity index (χ0n) is 19.8. The SMILES string of the molecule is CCCc1[nH]nc2c1[C@H](c1ccc(OC(=O)c3cccc([N+](=O)[O-])c3C)c(OC)c1)C(C#N)=C(N)O2. The summed E-state index contributed by atoms with van der Waals surface area (Å²) in [6, 6.07) is 11.2. The normalized spacial score (nSPS) is 14.4. The summed E-state index contributed by atoms with van der Waals surface area (Å²) in [6.07, 6.45) is 1.54. The predicted octanol–water partition coefficient (Wildman–Crippen LogP) is 4.02. The number of nitrogens with zero attached hydrogens (tertiary/aromatic N) is 3. The third-order valence-electron chi connectivity index (χ3n) is 5.96. The summed E-state index contributed by atoms with van der Waals surface area (Å²) in [5.41, 5.74) is 8.52. The van der Waals surface area contributed by atoms with Crippen LogP contribution >= 0.6 is 0 Å². The lowest BCUT2D eigenvalue weighted by atomic mass is 9.83. The number of nitro groups is 1. The number of nitrogens with two attached hydrogens (primary N) is 1. The van der Waals surface area contributed by atoms with Gasteiger partial charge in [0.2, 0.25) is 11.8 Å². The van der Waals surface area contributed by atoms with Crippen molar-refractivity contribution in [1.82, 2.24) is 10.2 Å². The van der Waals surface area contributed by atoms with Gasteiger partial charge >= 0.3 is 5.97 Å². The first kappa shape index (κ1) is 24.3. The third-order valence-corrected chi connectivity index (χ3v) is 5.96. The van der Waals surface area contributed by atoms with Gasteiger partial charge in [0, 0.05) is 22.9 Å². The number of aromatic nitrogens is 2. The Bertz CT molecular complexity index is 1440. The summed E-state index contributed by atoms with van der Waals surface area (Å²) < 4.78 is 16.6. The Morgan fingerprint density at radius 1 is 1.33 bits per heavy atom. The van der Waals surface area contributed by atoms with Crippen LogP contribution in [0, 0.1) is 28.4 Å². The number of hydrogen-bond acceptors (Lipinski definition) is 9. The van der Waals surface area contributed by atoms with Crippen LogP contribution in [0.1, 0.15) is 52.0 Å². The molecule has 0 fully saturated rings. The van der Waals surface area contributed by atoms with E-state index in [9.17, 15) is 20.2 Å². The lowest BCUT2D eigenvalue weighted by molar-refractivity contribution is -0.385. The maximum Gasteiger partial charge on any atom is 0.344 e. The number of benzene rings is 2. The molecule has 36 heavy (non-hydrogen) atoms. The highest BCUT2D eigenvalue weighted by Crippen LogP contribution is 2.45. The van der Waals surface area contributed by atoms with Crippen LogP contribution in [0.15, 0.2) is 47.9 Å². The molecule has 0 spiro atoms. The Hall–Kier alpha value is -4.85. The second kappa shape index (κ2) is 9.79. The molecule has 1 aromatic heterocycles. The molecular formula is C25H23N5O6. The number of aromatic amines is 1. The summed E-state index contributed by atoms with van der Waals surface area (Å²) in [5.74, 6) is -0.737. The van der Waals surface area contributed by atoms with Gasteiger partial charge in [-0.15, -0.1) is 5.10 Å². The van der Waals surface area contributed by atoms with Gasteiger partial charge in [-0.2, -0.15) is 5.26 Å². The van der Waals surface area contributed by atoms with E-state index in [0.29, 0.717) is 23.4 Å². The van der Waals surface area contributed by atoms with Crippen molar-refractivity contribution in [3.05, 3.63) is 85.9 Å². The van der Waals surface area contributed by atoms with Crippen LogP contribution in [0.2, 0.25) is 0 Å². The first-order chi connectivity index (χ1) is 17.3. The molecule has 4 rings (SSSR count). The average Bonchev–Trinajstić information content (AvgIpc) is 3.25. The van der Waals surface area contributed by atoms with E-state index in [4.69, 9.17) is 19.9 Å². The van der Waals surface area contributed by atoms with E-state index in [1.54, 1.807) is 18.2 Å². The molecule has 0 amide bonds. The van der Waals surface area contributed by atoms with E-state index in [0.717, 1.165) is 12.1 Å². The lowest BCUT2D eigenvalue weighted by Crippen LogP contribution is -2.21. The van der Waals surface area contributed by atoms with Gasteiger partial charge < -0.3 is 19.9 Å². The number of methoxy groups -OCH3 is 1. The van der Waals surface area contributed by atoms with Crippen molar-refractivity contribution in [2.45, 2.75) is 32.6 Å². The number of rotatable bonds is 7. The van der Waals surface area contributed by atoms with Gasteiger partial charge in [-0.25, -0.2) is 4.79 Å². The molecule has 2 heterocycles. The van der Waals surface area contributed by atoms with Gasteiger partial charge in [0.25, 0.3) is 5.69 Å². The summed E-state index contributed by atoms with van der Waals surface area (Å²) >= 11 is 0. The molecule has 1 aliphatic heterocycles. The lowest BCUT2D eigenvalue weighted by Gasteiger charge is -2.24. The minimum atomic E-state index is -0.766. The Morgan fingerprint density at radius 3 is 2.78 bits per heavy atom. The predicted molar refractivity (Wildman–Crippen MR) is 128 cm³/mol. The Kier molecular flexibility index (Phi) is 6.60. The quantitative estimate of drug-likeness (QED) is 0.215. The maximum absolute atomic E-state index is 12.9. The number of nitrogens with one attached hydrogen (secondary N) is 1. The van der Waals surface area contributed by atoms with Gasteiger partial charge in [0.15, 0.2) is 11.5 Å². The van der Waals surface area contributed by atoms with Gasteiger partial charge in [0.1, 0.15) is 11.6 Å². The van der Waals surface area contributed by atoms with Crippen molar-refractivity contribution in [2.75, 3.05) is 7.11 Å². The van der Waals surface area contributed by atoms with Crippen LogP contribution in [-0.2, 0) is 6.42 Å². The highest BCUT2D eigenvalue weighted by atomic mass is 16.6. The van der Waals surface area contributed by atoms with Crippen molar-refractivity contribution in [3.8, 4) is 23.4 Å². The molecule has 2 aromatic carbocycles. The standard InChI is InChI=1S/C25H23N5O6/c1-4-6-17-22-21(16(12-26)23(27)36-24(22)29-28-17)14-9-10-19(20(11-14)34-3)35-25(31)15-7-5-8-18(13(15)2)30(32)33/h5,7-11,21H,4,6,27H2,1-3H3,(H,28,29)/t21-/m1/s1. The molecular weight excluding hydrogens is 466 g/mol. The fourth-order valence-corrected chi connectivity index (χ4v) is 4.23. The zero-order chi connectivity index (χ0) is 26.0. The summed E-state index contributed by atoms with van der Waals surface area (Å²) in [5, 5.41) is 28.3. The van der Waals surface area contributed by atoms with E-state index >= 15 is 0 Å². The van der Waals surface area contributed by atoms with Crippen LogP contribution in [0.5, 0.6) is 17.4 Å². The monoisotopic (exact) mass is 489 g/mol. The Labute approximate surface area is 206 Å². The number of carbonyl (C=O) groups excluding carboxylic acids is 1. The smallest absolute Gasteiger partial charge is 0.344 e. The first-order valence-electron chi connectivity index (χ1n) is 11.1. The molecule has 0 aliphatic carbocycles. The number of esters is 1. The van der Waals surface area contributed by atoms with Crippen LogP contribution < -0.4 is 19.9 Å². The first-order valence-corrected chi connectivity index (χ1v) is 11.1. The third kappa shape index (κ3) is 4.20. The van der Waals surface area contributed by atoms with Crippen molar-refractivity contribution < 1.29 is 23.9 Å². The number of carbonyl (C=O) groups is 1. The van der Waals surface area contributed by atoms with Crippen molar-refractivity contribution in [2.24, 2.45) is 5.73 Å². The fraction of sp³-hybridized carbons (Fsp3) is 0.240. The van der Waals surface area contributed by atoms with Crippen molar-refractivity contribution in [1.29, 1.82) is 5.26 Å². The van der Waals surface area contributed by atoms with Crippen LogP contribution in [-0.4, -0.2) is 28.2 Å². The molecule has 0 saturated carbocycles. The number of nitriles is 1. The molecule has 1 aliphatic rings. The number of aryl methyl sites for hydroxylation is 1. The van der Waals surface area contributed by atoms with E-state index in [2.05, 4.69) is 16.3 Å². The minimum Gasteiger partial charge on any atom is -0.493 e. The van der Waals surface area contributed by atoms with Gasteiger partial charge in [0.05, 0.1) is 23.5 Å². The molecule has 0 bridgehead atoms. The van der Waals surface area contributed by atoms with Crippen molar-refractivity contribution in [3.63, 3.8) is 0 Å². The van der Waals surface area contributed by atoms with Gasteiger partial charge in [-0.3, -0.25) is 15.2 Å². The highest BCUT2D eigenvalue weighted by Gasteiger charge is 2.35. The molecule has 0 unspecified atom stereocenters. The minimum absolute atomic E-state index is 0.0415. The number of fused-ring (bicyclic) bond motifs is 1. The molecule has 3 aromatic rings. The molecule has 3 N–H and O–H groups in total. The number of ether oxygens (including phenoxy) is 3. The molecule has 11 nitrogen and oxygen atoms in total. The van der Waals surface area contributed by atoms with Crippen LogP contribution in [0.3, 0.4) is 0 Å². The van der Waals surface area contributed by atoms with Crippen LogP contribution in [0.4, 0.5) is 5.69 Å². The molecule has 0 radical (unpaired) electrons. The van der Waals surface area contributed by atoms with Gasteiger partial charge in [-0.1, -0.05) is 25.5 Å². The number of H-pyrrole nitrogens is 1. The van der Waals surface area contributed by atoms with E-state index < -0.39 is 16.8 Å². The maximum atomic E-state index is 12.9. The summed E-state index contributed by atoms with van der Waals surface area (Å²) in [6.45, 7) is 3.51. The zero-order valence-corrected chi connectivity index (χ0v) is 19.8. The Morgan fingerprint density at radius 2 is 2.11 bits per heavy atom. The van der Waals surface area contributed by atoms with E-state index in [1.165, 1.54) is 32.2 Å². The van der Waals surface area contributed by atoms with E-state index in [1.807, 2.05) is 6.92 Å². The Balaban J connectivity index is 1.73. The highest BCUT2D eigenvalue weighted by molar-refractivity contribution is 5.94. The summed E-state index contributed by atoms with van der Waals surface area (Å²) in [7, 11) is 1.42. The summed E-state index contributed by atoms with van der Waals surface area (Å²) in [4.78, 5) is 23.5. The van der Waals surface area contributed by atoms with E-state index in [-0.39, 0.29) is 39.8 Å². The van der Waals surface area contributed by atoms with Gasteiger partial charge in [-0.05, 0) is 37.1 Å². The average molecular weight is 489 g/mol. The largest absolute Gasteiger partial charge is 0.493 e. The fourth-order valence-electron chi connectivity index (χ4n) is 4.23. The number of hydrogen-bond donors (Lipinski definition) is 2. The molecule has 0 saturated heterocycles. The second-order valence-corrected chi connectivity index (χ2v) is 8.10. The van der Waals surface area contributed by atoms with Crippen LogP contribution in [0.25, 0.3) is 0 Å².